The molecule has 42 heavy (non-hydrogen) atoms. The Labute approximate surface area is 270 Å². The number of carbonyl (C=O) groups is 1. The molecule has 2 aliphatic rings. The van der Waals surface area contributed by atoms with Gasteiger partial charge in [-0.2, -0.15) is 37.0 Å². The maximum atomic E-state index is 11.4. The third kappa shape index (κ3) is 9.43. The summed E-state index contributed by atoms with van der Waals surface area (Å²) in [6.07, 6.45) is 3.25. The smallest absolute Gasteiger partial charge is 0.318 e. The number of likely N-dealkylation sites (tertiary alicyclic amines) is 1. The maximum Gasteiger partial charge on any atom is 0.318 e. The summed E-state index contributed by atoms with van der Waals surface area (Å²) in [5, 5.41) is -0.00122. The van der Waals surface area contributed by atoms with E-state index in [1.165, 1.54) is 28.1 Å². The first-order valence-corrected chi connectivity index (χ1v) is 14.2. The number of hydrogen-bond acceptors (Lipinski definition) is 7. The van der Waals surface area contributed by atoms with Gasteiger partial charge in [-0.1, -0.05) is 30.3 Å². The van der Waals surface area contributed by atoms with Crippen molar-refractivity contribution in [1.29, 1.82) is 0 Å². The van der Waals surface area contributed by atoms with Crippen LogP contribution in [0.5, 0.6) is 6.01 Å². The number of likely N-dealkylation sites (N-methyl/N-ethyl adjacent to an activating group) is 2. The minimum atomic E-state index is -0.291. The summed E-state index contributed by atoms with van der Waals surface area (Å²) in [5.74, 6) is 0.274. The number of anilines is 2. The largest absolute Gasteiger partial charge is 0.462 e. The lowest BCUT2D eigenvalue weighted by atomic mass is 10.0. The highest BCUT2D eigenvalue weighted by Gasteiger charge is 2.25. The quantitative estimate of drug-likeness (QED) is 0.328. The number of carbonyl (C=O) groups excluding carboxylic acids is 1. The molecule has 0 unspecified atom stereocenters. The van der Waals surface area contributed by atoms with Crippen molar-refractivity contribution < 1.29 is 9.53 Å². The van der Waals surface area contributed by atoms with Crippen molar-refractivity contribution in [2.75, 3.05) is 50.5 Å². The van der Waals surface area contributed by atoms with Gasteiger partial charge in [0, 0.05) is 30.4 Å². The van der Waals surface area contributed by atoms with E-state index in [-0.39, 0.29) is 44.0 Å². The summed E-state index contributed by atoms with van der Waals surface area (Å²) >= 11 is 5.48. The average molecular weight is 636 g/mol. The monoisotopic (exact) mass is 635 g/mol. The van der Waals surface area contributed by atoms with E-state index in [0.29, 0.717) is 37.6 Å². The number of fused-ring (bicyclic) bond motifs is 1. The molecule has 1 aromatic heterocycles. The Bertz CT molecular complexity index is 1260. The predicted molar refractivity (Wildman–Crippen MR) is 182 cm³/mol. The zero-order chi connectivity index (χ0) is 29.4. The molecule has 0 saturated carbocycles. The Morgan fingerprint density at radius 3 is 2.62 bits per heavy atom. The van der Waals surface area contributed by atoms with Gasteiger partial charge in [0.15, 0.2) is 0 Å². The molecule has 2 atom stereocenters. The Morgan fingerprint density at radius 1 is 1.31 bits per heavy atom. The number of ether oxygens (including phenoxy) is 1. The van der Waals surface area contributed by atoms with Gasteiger partial charge in [-0.15, -0.1) is 0 Å². The molecule has 2 aromatic rings. The lowest BCUT2D eigenvalue weighted by Gasteiger charge is -2.32. The standard InChI is InChI=1S/C21H29N5O.C9H13ClN2O.2H2S/c1-14-6-4-8-19(15(14)2)26-11-9-17-18(12-26)23-21(24-20(17)22)27-13-16-7-5-10-25(16)3;1-5-12(7(2)6-11-4)9(13)8(3)10;;/h4,6,8,16H,5,7,9-13H2,1-3H3,(H2,22,23,24);7H,3,5-6H2,1-2H3;2*1H2/t16-;7-;;/m01../s1. The number of aromatic nitrogens is 2. The first-order valence-electron chi connectivity index (χ1n) is 13.8. The number of amides is 1. The normalized spacial score (nSPS) is 16.4. The molecule has 1 amide bonds. The highest BCUT2D eigenvalue weighted by atomic mass is 35.5. The van der Waals surface area contributed by atoms with E-state index in [0.717, 1.165) is 43.7 Å². The van der Waals surface area contributed by atoms with Crippen LogP contribution in [0.25, 0.3) is 4.85 Å². The number of halogens is 1. The molecule has 4 rings (SSSR count). The fraction of sp³-hybridized carbons (Fsp3) is 0.533. The van der Waals surface area contributed by atoms with Crippen molar-refractivity contribution in [1.82, 2.24) is 19.8 Å². The average Bonchev–Trinajstić information content (AvgIpc) is 3.34. The van der Waals surface area contributed by atoms with E-state index in [1.54, 1.807) is 0 Å². The van der Waals surface area contributed by atoms with Crippen LogP contribution in [-0.4, -0.2) is 77.6 Å². The van der Waals surface area contributed by atoms with E-state index >= 15 is 0 Å². The Balaban J connectivity index is 0.000000507. The first-order chi connectivity index (χ1) is 19.1. The molecule has 0 aliphatic carbocycles. The van der Waals surface area contributed by atoms with Crippen LogP contribution in [0.1, 0.15) is 49.1 Å². The summed E-state index contributed by atoms with van der Waals surface area (Å²) in [6.45, 7) is 22.3. The zero-order valence-electron chi connectivity index (χ0n) is 25.4. The summed E-state index contributed by atoms with van der Waals surface area (Å²) in [4.78, 5) is 30.0. The molecular formula is C30H46ClN7O2S2. The van der Waals surface area contributed by atoms with Crippen molar-refractivity contribution in [3.05, 3.63) is 63.6 Å². The second kappa shape index (κ2) is 17.5. The van der Waals surface area contributed by atoms with Crippen LogP contribution in [0.15, 0.2) is 29.8 Å². The number of nitrogen functional groups attached to an aromatic ring is 1. The van der Waals surface area contributed by atoms with Crippen molar-refractivity contribution in [2.24, 2.45) is 0 Å². The molecule has 1 saturated heterocycles. The molecule has 0 bridgehead atoms. The van der Waals surface area contributed by atoms with Gasteiger partial charge in [0.2, 0.25) is 6.54 Å². The first kappa shape index (κ1) is 37.4. The molecule has 0 spiro atoms. The Kier molecular flexibility index (Phi) is 15.5. The van der Waals surface area contributed by atoms with E-state index in [2.05, 4.69) is 65.3 Å². The van der Waals surface area contributed by atoms with Crippen LogP contribution in [0, 0.1) is 20.4 Å². The number of rotatable bonds is 8. The summed E-state index contributed by atoms with van der Waals surface area (Å²) in [6, 6.07) is 7.21. The van der Waals surface area contributed by atoms with Gasteiger partial charge < -0.3 is 30.0 Å². The molecular weight excluding hydrogens is 590 g/mol. The van der Waals surface area contributed by atoms with Crippen LogP contribution in [0.4, 0.5) is 11.5 Å². The molecule has 2 N–H and O–H groups in total. The van der Waals surface area contributed by atoms with Gasteiger partial charge in [-0.3, -0.25) is 4.79 Å². The van der Waals surface area contributed by atoms with E-state index in [9.17, 15) is 4.79 Å². The molecule has 3 heterocycles. The van der Waals surface area contributed by atoms with Crippen molar-refractivity contribution in [3.63, 3.8) is 0 Å². The van der Waals surface area contributed by atoms with Crippen LogP contribution < -0.4 is 15.4 Å². The summed E-state index contributed by atoms with van der Waals surface area (Å²) in [7, 11) is 2.14. The fourth-order valence-electron chi connectivity index (χ4n) is 5.19. The molecule has 1 fully saturated rings. The molecule has 9 nitrogen and oxygen atoms in total. The number of hydrogen-bond donors (Lipinski definition) is 1. The SMILES string of the molecule is Cc1cccc(N2CCc3c(N)nc(OC[C@@H]4CCCN4C)nc3C2)c1C.S.S.[C-]#[N+]C[C@@H](C)N(CC)C(=O)C(=C)Cl. The van der Waals surface area contributed by atoms with E-state index < -0.39 is 0 Å². The maximum absolute atomic E-state index is 11.4. The minimum Gasteiger partial charge on any atom is -0.462 e. The number of nitrogens with zero attached hydrogens (tertiary/aromatic N) is 6. The van der Waals surface area contributed by atoms with Gasteiger partial charge in [0.1, 0.15) is 18.5 Å². The molecule has 12 heteroatoms. The molecule has 1 aromatic carbocycles. The van der Waals surface area contributed by atoms with Crippen molar-refractivity contribution in [3.8, 4) is 6.01 Å². The molecule has 2 aliphatic heterocycles. The van der Waals surface area contributed by atoms with Gasteiger partial charge in [-0.25, -0.2) is 6.57 Å². The van der Waals surface area contributed by atoms with E-state index in [4.69, 9.17) is 33.6 Å². The number of aryl methyl sites for hydroxylation is 1. The lowest BCUT2D eigenvalue weighted by Crippen LogP contribution is -2.39. The van der Waals surface area contributed by atoms with Gasteiger partial charge in [0.25, 0.3) is 5.91 Å². The Hall–Kier alpha value is -2.65. The highest BCUT2D eigenvalue weighted by molar-refractivity contribution is 7.59. The topological polar surface area (TPSA) is 92.2 Å². The van der Waals surface area contributed by atoms with Gasteiger partial charge in [-0.05, 0) is 77.7 Å². The Morgan fingerprint density at radius 2 is 2.02 bits per heavy atom. The van der Waals surface area contributed by atoms with Crippen LogP contribution in [0.2, 0.25) is 0 Å². The minimum absolute atomic E-state index is 0. The van der Waals surface area contributed by atoms with Gasteiger partial charge in [0.05, 0.1) is 17.3 Å². The zero-order valence-corrected chi connectivity index (χ0v) is 28.2. The van der Waals surface area contributed by atoms with Crippen LogP contribution in [-0.2, 0) is 17.8 Å². The van der Waals surface area contributed by atoms with Crippen molar-refractivity contribution in [2.45, 2.75) is 65.6 Å². The summed E-state index contributed by atoms with van der Waals surface area (Å²) < 4.78 is 5.93. The number of benzene rings is 1. The van der Waals surface area contributed by atoms with Crippen LogP contribution >= 0.6 is 38.6 Å². The summed E-state index contributed by atoms with van der Waals surface area (Å²) in [5.41, 5.74) is 12.2. The second-order valence-electron chi connectivity index (χ2n) is 10.5. The fourth-order valence-corrected chi connectivity index (χ4v) is 5.30. The predicted octanol–water partition coefficient (Wildman–Crippen LogP) is 4.83. The molecule has 0 radical (unpaired) electrons. The third-order valence-electron chi connectivity index (χ3n) is 7.79. The molecule has 232 valence electrons. The van der Waals surface area contributed by atoms with Crippen molar-refractivity contribution >= 4 is 56.0 Å². The van der Waals surface area contributed by atoms with Crippen LogP contribution in [0.3, 0.4) is 0 Å². The number of nitrogens with two attached hydrogens (primary N) is 1. The van der Waals surface area contributed by atoms with Gasteiger partial charge >= 0.3 is 6.01 Å². The van der Waals surface area contributed by atoms with E-state index in [1.807, 2.05) is 13.8 Å². The second-order valence-corrected chi connectivity index (χ2v) is 10.9. The lowest BCUT2D eigenvalue weighted by molar-refractivity contribution is -0.127. The third-order valence-corrected chi connectivity index (χ3v) is 7.95. The highest BCUT2D eigenvalue weighted by Crippen LogP contribution is 2.30.